The van der Waals surface area contributed by atoms with E-state index in [2.05, 4.69) is 37.2 Å². The number of nitrogens with two attached hydrogens (primary N) is 1. The van der Waals surface area contributed by atoms with E-state index in [0.717, 1.165) is 0 Å². The SMILES string of the molecule is NC1(C(=O)Nc2c(Br)cc(Br)cc2C(=O)O)CC1. The molecule has 0 unspecified atom stereocenters. The Kier molecular flexibility index (Phi) is 3.48. The maximum absolute atomic E-state index is 11.8. The summed E-state index contributed by atoms with van der Waals surface area (Å²) >= 11 is 6.44. The van der Waals surface area contributed by atoms with Crippen molar-refractivity contribution < 1.29 is 14.7 Å². The van der Waals surface area contributed by atoms with E-state index >= 15 is 0 Å². The molecule has 0 radical (unpaired) electrons. The van der Waals surface area contributed by atoms with Gasteiger partial charge >= 0.3 is 5.97 Å². The fraction of sp³-hybridized carbons (Fsp3) is 0.273. The van der Waals surface area contributed by atoms with Crippen molar-refractivity contribution in [2.24, 2.45) is 5.73 Å². The van der Waals surface area contributed by atoms with Crippen LogP contribution in [0.25, 0.3) is 0 Å². The third-order valence-electron chi connectivity index (χ3n) is 2.76. The first-order valence-corrected chi connectivity index (χ1v) is 6.75. The zero-order valence-corrected chi connectivity index (χ0v) is 12.3. The van der Waals surface area contributed by atoms with E-state index in [1.807, 2.05) is 0 Å². The molecule has 1 fully saturated rings. The normalized spacial score (nSPS) is 16.2. The number of halogens is 2. The van der Waals surface area contributed by atoms with Crippen molar-refractivity contribution in [2.75, 3.05) is 5.32 Å². The molecule has 1 aromatic rings. The van der Waals surface area contributed by atoms with Crippen LogP contribution in [0.15, 0.2) is 21.1 Å². The molecular weight excluding hydrogens is 368 g/mol. The van der Waals surface area contributed by atoms with Crippen LogP contribution in [0.2, 0.25) is 0 Å². The summed E-state index contributed by atoms with van der Waals surface area (Å²) in [5.41, 5.74) is 5.15. The van der Waals surface area contributed by atoms with Gasteiger partial charge in [0.2, 0.25) is 5.91 Å². The minimum absolute atomic E-state index is 0.00819. The number of carbonyl (C=O) groups excluding carboxylic acids is 1. The number of carboxylic acid groups (broad SMARTS) is 1. The van der Waals surface area contributed by atoms with E-state index in [0.29, 0.717) is 21.8 Å². The number of rotatable bonds is 3. The van der Waals surface area contributed by atoms with Crippen LogP contribution in [0, 0.1) is 0 Å². The molecule has 1 aliphatic carbocycles. The average Bonchev–Trinajstić information content (AvgIpc) is 3.01. The molecule has 1 aromatic carbocycles. The first-order chi connectivity index (χ1) is 8.33. The Morgan fingerprint density at radius 2 is 1.94 bits per heavy atom. The lowest BCUT2D eigenvalue weighted by Gasteiger charge is -2.14. The van der Waals surface area contributed by atoms with Crippen LogP contribution in [0.4, 0.5) is 5.69 Å². The Hall–Kier alpha value is -0.920. The molecule has 0 saturated heterocycles. The molecule has 1 saturated carbocycles. The lowest BCUT2D eigenvalue weighted by Crippen LogP contribution is -2.38. The quantitative estimate of drug-likeness (QED) is 0.753. The lowest BCUT2D eigenvalue weighted by atomic mass is 10.1. The molecule has 0 spiro atoms. The molecule has 0 heterocycles. The molecule has 5 nitrogen and oxygen atoms in total. The predicted molar refractivity (Wildman–Crippen MR) is 73.6 cm³/mol. The second-order valence-electron chi connectivity index (χ2n) is 4.23. The van der Waals surface area contributed by atoms with Gasteiger partial charge in [-0.05, 0) is 40.9 Å². The van der Waals surface area contributed by atoms with Crippen molar-refractivity contribution in [3.8, 4) is 0 Å². The van der Waals surface area contributed by atoms with Crippen LogP contribution in [-0.4, -0.2) is 22.5 Å². The van der Waals surface area contributed by atoms with Crippen LogP contribution in [0.3, 0.4) is 0 Å². The summed E-state index contributed by atoms with van der Waals surface area (Å²) < 4.78 is 1.10. The van der Waals surface area contributed by atoms with E-state index in [9.17, 15) is 9.59 Å². The molecule has 0 aliphatic heterocycles. The van der Waals surface area contributed by atoms with Crippen LogP contribution >= 0.6 is 31.9 Å². The zero-order valence-electron chi connectivity index (χ0n) is 9.17. The molecule has 18 heavy (non-hydrogen) atoms. The zero-order chi connectivity index (χ0) is 13.5. The summed E-state index contributed by atoms with van der Waals surface area (Å²) in [5.74, 6) is -1.47. The largest absolute Gasteiger partial charge is 0.478 e. The summed E-state index contributed by atoms with van der Waals surface area (Å²) in [7, 11) is 0. The van der Waals surface area contributed by atoms with Crippen LogP contribution in [0.1, 0.15) is 23.2 Å². The second kappa shape index (κ2) is 4.64. The molecule has 2 rings (SSSR count). The van der Waals surface area contributed by atoms with E-state index in [1.54, 1.807) is 6.07 Å². The van der Waals surface area contributed by atoms with Gasteiger partial charge in [0.05, 0.1) is 16.8 Å². The molecule has 1 amide bonds. The summed E-state index contributed by atoms with van der Waals surface area (Å²) in [6.45, 7) is 0. The minimum atomic E-state index is -1.12. The Balaban J connectivity index is 2.37. The van der Waals surface area contributed by atoms with Gasteiger partial charge in [-0.15, -0.1) is 0 Å². The maximum Gasteiger partial charge on any atom is 0.337 e. The number of hydrogen-bond acceptors (Lipinski definition) is 3. The Bertz CT molecular complexity index is 541. The van der Waals surface area contributed by atoms with E-state index in [-0.39, 0.29) is 17.2 Å². The molecule has 7 heteroatoms. The standard InChI is InChI=1S/C11H10Br2N2O3/c12-5-3-6(9(16)17)8(7(13)4-5)15-10(18)11(14)1-2-11/h3-4H,1-2,14H2,(H,15,18)(H,16,17). The Morgan fingerprint density at radius 3 is 2.44 bits per heavy atom. The van der Waals surface area contributed by atoms with Gasteiger partial charge in [-0.25, -0.2) is 4.79 Å². The number of anilines is 1. The van der Waals surface area contributed by atoms with E-state index in [1.165, 1.54) is 6.07 Å². The van der Waals surface area contributed by atoms with Gasteiger partial charge in [0.1, 0.15) is 0 Å². The first kappa shape index (κ1) is 13.5. The minimum Gasteiger partial charge on any atom is -0.478 e. The van der Waals surface area contributed by atoms with Crippen molar-refractivity contribution >= 4 is 49.4 Å². The van der Waals surface area contributed by atoms with Gasteiger partial charge in [-0.3, -0.25) is 4.79 Å². The van der Waals surface area contributed by atoms with Gasteiger partial charge in [-0.2, -0.15) is 0 Å². The number of carbonyl (C=O) groups is 2. The van der Waals surface area contributed by atoms with Gasteiger partial charge in [0.25, 0.3) is 0 Å². The highest BCUT2D eigenvalue weighted by Crippen LogP contribution is 2.36. The molecular formula is C11H10Br2N2O3. The Morgan fingerprint density at radius 1 is 1.33 bits per heavy atom. The van der Waals surface area contributed by atoms with Crippen molar-refractivity contribution in [2.45, 2.75) is 18.4 Å². The van der Waals surface area contributed by atoms with E-state index < -0.39 is 11.5 Å². The van der Waals surface area contributed by atoms with Gasteiger partial charge in [-0.1, -0.05) is 15.9 Å². The molecule has 96 valence electrons. The smallest absolute Gasteiger partial charge is 0.337 e. The predicted octanol–water partition coefficient (Wildman–Crippen LogP) is 2.34. The number of aromatic carboxylic acids is 1. The molecule has 0 bridgehead atoms. The van der Waals surface area contributed by atoms with Gasteiger partial charge < -0.3 is 16.2 Å². The van der Waals surface area contributed by atoms with Crippen LogP contribution in [0.5, 0.6) is 0 Å². The average molecular weight is 378 g/mol. The highest BCUT2D eigenvalue weighted by Gasteiger charge is 2.46. The van der Waals surface area contributed by atoms with Crippen LogP contribution < -0.4 is 11.1 Å². The van der Waals surface area contributed by atoms with Crippen molar-refractivity contribution in [3.63, 3.8) is 0 Å². The lowest BCUT2D eigenvalue weighted by molar-refractivity contribution is -0.118. The highest BCUT2D eigenvalue weighted by atomic mass is 79.9. The Labute approximate surface area is 120 Å². The van der Waals surface area contributed by atoms with Crippen molar-refractivity contribution in [1.29, 1.82) is 0 Å². The fourth-order valence-electron chi connectivity index (χ4n) is 1.47. The summed E-state index contributed by atoms with van der Waals surface area (Å²) in [6, 6.07) is 3.09. The number of nitrogens with one attached hydrogen (secondary N) is 1. The molecule has 0 aromatic heterocycles. The summed E-state index contributed by atoms with van der Waals surface area (Å²) in [6.07, 6.45) is 1.24. The third kappa shape index (κ3) is 2.57. The fourth-order valence-corrected chi connectivity index (χ4v) is 2.79. The van der Waals surface area contributed by atoms with E-state index in [4.69, 9.17) is 10.8 Å². The molecule has 4 N–H and O–H groups in total. The van der Waals surface area contributed by atoms with Gasteiger partial charge in [0, 0.05) is 8.95 Å². The topological polar surface area (TPSA) is 92.4 Å². The maximum atomic E-state index is 11.8. The molecule has 1 aliphatic rings. The first-order valence-electron chi connectivity index (χ1n) is 5.16. The van der Waals surface area contributed by atoms with Crippen molar-refractivity contribution in [3.05, 3.63) is 26.6 Å². The second-order valence-corrected chi connectivity index (χ2v) is 6.00. The molecule has 0 atom stereocenters. The number of amides is 1. The number of hydrogen-bond donors (Lipinski definition) is 3. The van der Waals surface area contributed by atoms with Gasteiger partial charge in [0.15, 0.2) is 0 Å². The summed E-state index contributed by atoms with van der Waals surface area (Å²) in [4.78, 5) is 23.0. The van der Waals surface area contributed by atoms with Crippen LogP contribution in [-0.2, 0) is 4.79 Å². The highest BCUT2D eigenvalue weighted by molar-refractivity contribution is 9.11. The van der Waals surface area contributed by atoms with Crippen molar-refractivity contribution in [1.82, 2.24) is 0 Å². The third-order valence-corrected chi connectivity index (χ3v) is 3.85. The number of carboxylic acids is 1. The number of benzene rings is 1. The monoisotopic (exact) mass is 376 g/mol. The summed E-state index contributed by atoms with van der Waals surface area (Å²) in [5, 5.41) is 11.7.